The molecule has 1 aliphatic rings. The lowest BCUT2D eigenvalue weighted by molar-refractivity contribution is -0.139. The second-order valence-corrected chi connectivity index (χ2v) is 7.65. The molecule has 0 nitrogen and oxygen atoms in total. The molecular formula is C21H24F6. The van der Waals surface area contributed by atoms with E-state index in [-0.39, 0.29) is 35.8 Å². The topological polar surface area (TPSA) is 0 Å². The van der Waals surface area contributed by atoms with Crippen molar-refractivity contribution in [3.8, 4) is 0 Å². The molecule has 0 bridgehead atoms. The number of rotatable bonds is 4. The van der Waals surface area contributed by atoms with Crippen LogP contribution in [0.1, 0.15) is 56.7 Å². The van der Waals surface area contributed by atoms with Crippen LogP contribution in [0.2, 0.25) is 0 Å². The van der Waals surface area contributed by atoms with Crippen LogP contribution < -0.4 is 0 Å². The van der Waals surface area contributed by atoms with E-state index in [2.05, 4.69) is 0 Å². The van der Waals surface area contributed by atoms with Crippen molar-refractivity contribution < 1.29 is 26.3 Å². The fourth-order valence-corrected chi connectivity index (χ4v) is 3.61. The van der Waals surface area contributed by atoms with Crippen molar-refractivity contribution in [1.29, 1.82) is 0 Å². The molecule has 1 aliphatic carbocycles. The van der Waals surface area contributed by atoms with Gasteiger partial charge in [0, 0.05) is 5.57 Å². The summed E-state index contributed by atoms with van der Waals surface area (Å²) in [5.41, 5.74) is -0.487. The first kappa shape index (κ1) is 21.6. The highest BCUT2D eigenvalue weighted by Crippen LogP contribution is 2.41. The maximum Gasteiger partial charge on any atom is 0.416 e. The van der Waals surface area contributed by atoms with Crippen molar-refractivity contribution in [2.75, 3.05) is 0 Å². The van der Waals surface area contributed by atoms with Gasteiger partial charge in [-0.1, -0.05) is 58.0 Å². The van der Waals surface area contributed by atoms with E-state index in [0.717, 1.165) is 6.08 Å². The molecule has 0 saturated heterocycles. The number of alkyl halides is 6. The molecule has 0 aromatic heterocycles. The van der Waals surface area contributed by atoms with Gasteiger partial charge in [0.25, 0.3) is 0 Å². The first-order valence-corrected chi connectivity index (χ1v) is 8.99. The lowest BCUT2D eigenvalue weighted by atomic mass is 9.82. The summed E-state index contributed by atoms with van der Waals surface area (Å²) < 4.78 is 80.3. The van der Waals surface area contributed by atoms with E-state index in [1.165, 1.54) is 12.1 Å². The van der Waals surface area contributed by atoms with Crippen molar-refractivity contribution in [1.82, 2.24) is 0 Å². The predicted molar refractivity (Wildman–Crippen MR) is 94.4 cm³/mol. The van der Waals surface area contributed by atoms with Crippen molar-refractivity contribution in [3.63, 3.8) is 0 Å². The minimum atomic E-state index is -4.50. The zero-order chi connectivity index (χ0) is 20.6. The Morgan fingerprint density at radius 2 is 1.63 bits per heavy atom. The van der Waals surface area contributed by atoms with Gasteiger partial charge in [0.2, 0.25) is 0 Å². The summed E-state index contributed by atoms with van der Waals surface area (Å²) in [4.78, 5) is 0. The minimum absolute atomic E-state index is 0.0373. The zero-order valence-corrected chi connectivity index (χ0v) is 15.8. The Kier molecular flexibility index (Phi) is 6.17. The van der Waals surface area contributed by atoms with Crippen LogP contribution in [0, 0.1) is 11.8 Å². The van der Waals surface area contributed by atoms with E-state index < -0.39 is 29.4 Å². The van der Waals surface area contributed by atoms with E-state index >= 15 is 0 Å². The van der Waals surface area contributed by atoms with Gasteiger partial charge in [0.05, 0.1) is 5.56 Å². The summed E-state index contributed by atoms with van der Waals surface area (Å²) in [6.07, 6.45) is -6.14. The second-order valence-electron chi connectivity index (χ2n) is 7.65. The van der Waals surface area contributed by atoms with Crippen LogP contribution in [-0.2, 0) is 12.6 Å². The Hall–Kier alpha value is -1.72. The second kappa shape index (κ2) is 7.72. The van der Waals surface area contributed by atoms with Crippen molar-refractivity contribution in [3.05, 3.63) is 58.2 Å². The smallest absolute Gasteiger partial charge is 0.166 e. The summed E-state index contributed by atoms with van der Waals surface area (Å²) in [6, 6.07) is 4.47. The van der Waals surface area contributed by atoms with E-state index in [1.54, 1.807) is 39.8 Å². The molecule has 0 radical (unpaired) electrons. The van der Waals surface area contributed by atoms with Gasteiger partial charge < -0.3 is 0 Å². The number of benzene rings is 1. The van der Waals surface area contributed by atoms with Crippen LogP contribution >= 0.6 is 0 Å². The lowest BCUT2D eigenvalue weighted by Crippen LogP contribution is -2.20. The maximum absolute atomic E-state index is 13.7. The Morgan fingerprint density at radius 1 is 1.00 bits per heavy atom. The van der Waals surface area contributed by atoms with Crippen LogP contribution in [-0.4, -0.2) is 6.18 Å². The summed E-state index contributed by atoms with van der Waals surface area (Å²) in [5.74, 6) is -1.05. The fourth-order valence-electron chi connectivity index (χ4n) is 3.61. The molecule has 2 rings (SSSR count). The Morgan fingerprint density at radius 3 is 2.15 bits per heavy atom. The predicted octanol–water partition coefficient (Wildman–Crippen LogP) is 7.46. The van der Waals surface area contributed by atoms with Gasteiger partial charge in [-0.15, -0.1) is 0 Å². The number of hydrogen-bond acceptors (Lipinski definition) is 0. The molecule has 0 spiro atoms. The highest BCUT2D eigenvalue weighted by Gasteiger charge is 2.38. The molecule has 0 fully saturated rings. The van der Waals surface area contributed by atoms with E-state index in [9.17, 15) is 26.3 Å². The highest BCUT2D eigenvalue weighted by atomic mass is 19.4. The number of hydrogen-bond donors (Lipinski definition) is 0. The molecule has 2 atom stereocenters. The summed E-state index contributed by atoms with van der Waals surface area (Å²) in [5, 5.41) is 0. The standard InChI is InChI=1S/C21H24F6/c1-12(2)18-7-5-6-15(19(18)21(25,26)27)10-14(4)16-8-13(3)9-17(11-16)20(22,23)24/h5-8,11-14H,9-10H2,1-4H3. The lowest BCUT2D eigenvalue weighted by Gasteiger charge is -2.25. The van der Waals surface area contributed by atoms with Gasteiger partial charge in [-0.3, -0.25) is 0 Å². The maximum atomic E-state index is 13.7. The Bertz CT molecular complexity index is 734. The average Bonchev–Trinajstić information content (AvgIpc) is 2.52. The summed E-state index contributed by atoms with van der Waals surface area (Å²) >= 11 is 0. The van der Waals surface area contributed by atoms with Crippen LogP contribution in [0.3, 0.4) is 0 Å². The largest absolute Gasteiger partial charge is 0.416 e. The monoisotopic (exact) mass is 390 g/mol. The van der Waals surface area contributed by atoms with Crippen LogP contribution in [0.4, 0.5) is 26.3 Å². The number of allylic oxidation sites excluding steroid dienone is 4. The number of halogens is 6. The molecule has 0 amide bonds. The first-order valence-electron chi connectivity index (χ1n) is 8.99. The van der Waals surface area contributed by atoms with Crippen LogP contribution in [0.5, 0.6) is 0 Å². The molecule has 0 heterocycles. The molecule has 2 unspecified atom stereocenters. The average molecular weight is 390 g/mol. The molecule has 1 aromatic carbocycles. The van der Waals surface area contributed by atoms with Crippen molar-refractivity contribution in [2.45, 2.75) is 58.8 Å². The molecule has 0 aliphatic heterocycles. The molecule has 6 heteroatoms. The van der Waals surface area contributed by atoms with Crippen LogP contribution in [0.25, 0.3) is 0 Å². The summed E-state index contributed by atoms with van der Waals surface area (Å²) in [6.45, 7) is 6.76. The fraction of sp³-hybridized carbons (Fsp3) is 0.524. The normalized spacial score (nSPS) is 19.7. The van der Waals surface area contributed by atoms with Gasteiger partial charge in [-0.2, -0.15) is 26.3 Å². The molecule has 1 aromatic rings. The molecule has 27 heavy (non-hydrogen) atoms. The first-order chi connectivity index (χ1) is 12.3. The van der Waals surface area contributed by atoms with Crippen LogP contribution in [0.15, 0.2) is 41.5 Å². The zero-order valence-electron chi connectivity index (χ0n) is 15.8. The van der Waals surface area contributed by atoms with E-state index in [1.807, 2.05) is 0 Å². The SMILES string of the molecule is CC1C=C(C(C)Cc2cccc(C(C)C)c2C(F)(F)F)C=C(C(F)(F)F)C1. The summed E-state index contributed by atoms with van der Waals surface area (Å²) in [7, 11) is 0. The molecular weight excluding hydrogens is 366 g/mol. The molecule has 0 N–H and O–H groups in total. The van der Waals surface area contributed by atoms with Crippen molar-refractivity contribution >= 4 is 0 Å². The minimum Gasteiger partial charge on any atom is -0.166 e. The highest BCUT2D eigenvalue weighted by molar-refractivity contribution is 5.41. The third-order valence-electron chi connectivity index (χ3n) is 4.91. The third-order valence-corrected chi connectivity index (χ3v) is 4.91. The quantitative estimate of drug-likeness (QED) is 0.468. The Labute approximate surface area is 156 Å². The van der Waals surface area contributed by atoms with Gasteiger partial charge in [-0.05, 0) is 47.3 Å². The molecule has 150 valence electrons. The Balaban J connectivity index is 2.40. The van der Waals surface area contributed by atoms with E-state index in [0.29, 0.717) is 5.57 Å². The third kappa shape index (κ3) is 5.17. The molecule has 0 saturated carbocycles. The van der Waals surface area contributed by atoms with Gasteiger partial charge in [0.1, 0.15) is 0 Å². The van der Waals surface area contributed by atoms with Gasteiger partial charge in [0.15, 0.2) is 0 Å². The van der Waals surface area contributed by atoms with Gasteiger partial charge >= 0.3 is 12.4 Å². The van der Waals surface area contributed by atoms with Crippen molar-refractivity contribution in [2.24, 2.45) is 11.8 Å². The van der Waals surface area contributed by atoms with Gasteiger partial charge in [-0.25, -0.2) is 0 Å². The van der Waals surface area contributed by atoms with E-state index in [4.69, 9.17) is 0 Å².